The molecule has 1 aromatic carbocycles. The number of methoxy groups -OCH3 is 1. The molecule has 4 saturated carbocycles. The molecule has 2 N–H and O–H groups in total. The van der Waals surface area contributed by atoms with Crippen LogP contribution in [0, 0.1) is 30.1 Å². The molecule has 1 aromatic rings. The van der Waals surface area contributed by atoms with E-state index in [1.165, 1.54) is 13.2 Å². The van der Waals surface area contributed by atoms with Crippen molar-refractivity contribution in [2.45, 2.75) is 75.8 Å². The molecule has 2 atom stereocenters. The van der Waals surface area contributed by atoms with E-state index in [-0.39, 0.29) is 41.1 Å². The fourth-order valence-electron chi connectivity index (χ4n) is 6.70. The molecule has 4 bridgehead atoms. The van der Waals surface area contributed by atoms with Crippen molar-refractivity contribution >= 4 is 33.5 Å². The fraction of sp³-hybridized carbons (Fsp3) is 0.667. The Bertz CT molecular complexity index is 1050. The number of benzene rings is 1. The van der Waals surface area contributed by atoms with Crippen molar-refractivity contribution in [3.05, 3.63) is 28.8 Å². The third kappa shape index (κ3) is 4.66. The molecule has 0 radical (unpaired) electrons. The van der Waals surface area contributed by atoms with Gasteiger partial charge in [-0.05, 0) is 88.3 Å². The topological polar surface area (TPSA) is 102 Å². The van der Waals surface area contributed by atoms with E-state index in [1.807, 2.05) is 0 Å². The molecule has 0 spiro atoms. The zero-order valence-corrected chi connectivity index (χ0v) is 21.2. The monoisotopic (exact) mass is 496 g/mol. The quantitative estimate of drug-likeness (QED) is 0.562. The van der Waals surface area contributed by atoms with Crippen LogP contribution in [0.25, 0.3) is 0 Å². The van der Waals surface area contributed by atoms with Gasteiger partial charge in [-0.1, -0.05) is 17.7 Å². The first kappa shape index (κ1) is 24.5. The van der Waals surface area contributed by atoms with Crippen LogP contribution >= 0.6 is 11.6 Å². The summed E-state index contributed by atoms with van der Waals surface area (Å²) in [6.45, 7) is 5.06. The largest absolute Gasteiger partial charge is 0.469 e. The highest BCUT2D eigenvalue weighted by Gasteiger charge is 2.59. The SMILES string of the molecule is COC(=O)C12CC3CC(C1)C(NC(=O)CC(C)(C)NS(=O)(=O)c1cccc(Cl)c1C)C(C3)C2. The molecule has 2 unspecified atom stereocenters. The highest BCUT2D eigenvalue weighted by atomic mass is 35.5. The minimum absolute atomic E-state index is 0.00730. The number of rotatable bonds is 7. The van der Waals surface area contributed by atoms with E-state index in [4.69, 9.17) is 16.3 Å². The molecular weight excluding hydrogens is 464 g/mol. The molecule has 33 heavy (non-hydrogen) atoms. The molecule has 7 nitrogen and oxygen atoms in total. The number of nitrogens with one attached hydrogen (secondary N) is 2. The number of hydrogen-bond donors (Lipinski definition) is 2. The van der Waals surface area contributed by atoms with Crippen LogP contribution in [0.1, 0.15) is 57.9 Å². The van der Waals surface area contributed by atoms with Gasteiger partial charge in [0, 0.05) is 23.0 Å². The summed E-state index contributed by atoms with van der Waals surface area (Å²) in [5, 5.41) is 3.57. The summed E-state index contributed by atoms with van der Waals surface area (Å²) in [6.07, 6.45) is 4.44. The normalized spacial score (nSPS) is 30.8. The summed E-state index contributed by atoms with van der Waals surface area (Å²) in [6, 6.07) is 4.76. The zero-order valence-electron chi connectivity index (χ0n) is 19.6. The Hall–Kier alpha value is -1.64. The van der Waals surface area contributed by atoms with Crippen LogP contribution in [0.3, 0.4) is 0 Å². The van der Waals surface area contributed by atoms with Crippen LogP contribution in [-0.4, -0.2) is 39.0 Å². The van der Waals surface area contributed by atoms with Gasteiger partial charge in [-0.2, -0.15) is 0 Å². The van der Waals surface area contributed by atoms with Gasteiger partial charge in [0.1, 0.15) is 0 Å². The van der Waals surface area contributed by atoms with E-state index < -0.39 is 21.0 Å². The number of hydrogen-bond acceptors (Lipinski definition) is 5. The number of esters is 1. The molecule has 4 aliphatic carbocycles. The van der Waals surface area contributed by atoms with E-state index in [2.05, 4.69) is 10.0 Å². The van der Waals surface area contributed by atoms with Crippen LogP contribution in [0.4, 0.5) is 0 Å². The van der Waals surface area contributed by atoms with Gasteiger partial charge in [0.2, 0.25) is 15.9 Å². The molecule has 4 fully saturated rings. The number of carbonyl (C=O) groups excluding carboxylic acids is 2. The van der Waals surface area contributed by atoms with E-state index in [9.17, 15) is 18.0 Å². The van der Waals surface area contributed by atoms with Gasteiger partial charge in [0.05, 0.1) is 17.4 Å². The van der Waals surface area contributed by atoms with Crippen molar-refractivity contribution < 1.29 is 22.7 Å². The second kappa shape index (κ2) is 8.54. The summed E-state index contributed by atoms with van der Waals surface area (Å²) < 4.78 is 33.7. The van der Waals surface area contributed by atoms with E-state index in [0.29, 0.717) is 16.5 Å². The number of amides is 1. The lowest BCUT2D eigenvalue weighted by Gasteiger charge is -2.58. The Kier molecular flexibility index (Phi) is 6.34. The molecule has 5 rings (SSSR count). The van der Waals surface area contributed by atoms with Crippen molar-refractivity contribution in [1.29, 1.82) is 0 Å². The smallest absolute Gasteiger partial charge is 0.311 e. The highest BCUT2D eigenvalue weighted by Crippen LogP contribution is 2.60. The summed E-state index contributed by atoms with van der Waals surface area (Å²) in [5.74, 6) is 0.731. The van der Waals surface area contributed by atoms with Crippen molar-refractivity contribution in [2.75, 3.05) is 7.11 Å². The van der Waals surface area contributed by atoms with Gasteiger partial charge < -0.3 is 10.1 Å². The first-order valence-corrected chi connectivity index (χ1v) is 13.4. The van der Waals surface area contributed by atoms with Crippen LogP contribution in [0.2, 0.25) is 5.02 Å². The van der Waals surface area contributed by atoms with Crippen molar-refractivity contribution in [1.82, 2.24) is 10.0 Å². The van der Waals surface area contributed by atoms with Gasteiger partial charge in [-0.25, -0.2) is 13.1 Å². The Labute approximate surface area is 201 Å². The fourth-order valence-corrected chi connectivity index (χ4v) is 8.61. The second-order valence-electron chi connectivity index (χ2n) is 10.9. The minimum Gasteiger partial charge on any atom is -0.469 e. The summed E-state index contributed by atoms with van der Waals surface area (Å²) in [4.78, 5) is 25.6. The van der Waals surface area contributed by atoms with Crippen molar-refractivity contribution in [3.8, 4) is 0 Å². The molecule has 0 aromatic heterocycles. The Morgan fingerprint density at radius 2 is 1.82 bits per heavy atom. The molecule has 9 heteroatoms. The van der Waals surface area contributed by atoms with Crippen LogP contribution < -0.4 is 10.0 Å². The lowest BCUT2D eigenvalue weighted by molar-refractivity contribution is -0.171. The first-order valence-electron chi connectivity index (χ1n) is 11.5. The molecule has 0 aliphatic heterocycles. The third-order valence-electron chi connectivity index (χ3n) is 7.74. The van der Waals surface area contributed by atoms with Gasteiger partial charge in [0.15, 0.2) is 0 Å². The average Bonchev–Trinajstić information content (AvgIpc) is 2.70. The molecule has 1 amide bonds. The van der Waals surface area contributed by atoms with Crippen LogP contribution in [-0.2, 0) is 24.3 Å². The highest BCUT2D eigenvalue weighted by molar-refractivity contribution is 7.89. The Morgan fingerprint density at radius 3 is 2.42 bits per heavy atom. The zero-order chi connectivity index (χ0) is 24.2. The van der Waals surface area contributed by atoms with Gasteiger partial charge in [0.25, 0.3) is 0 Å². The second-order valence-corrected chi connectivity index (χ2v) is 12.9. The minimum atomic E-state index is -3.85. The maximum atomic E-state index is 13.0. The molecule has 0 heterocycles. The van der Waals surface area contributed by atoms with Gasteiger partial charge in [-0.15, -0.1) is 0 Å². The first-order chi connectivity index (χ1) is 15.4. The molecular formula is C24H33ClN2O5S. The molecule has 0 saturated heterocycles. The van der Waals surface area contributed by atoms with Crippen molar-refractivity contribution in [2.24, 2.45) is 23.2 Å². The predicted octanol–water partition coefficient (Wildman–Crippen LogP) is 3.58. The Balaban J connectivity index is 1.42. The maximum absolute atomic E-state index is 13.0. The van der Waals surface area contributed by atoms with E-state index >= 15 is 0 Å². The maximum Gasteiger partial charge on any atom is 0.311 e. The number of ether oxygens (including phenoxy) is 1. The van der Waals surface area contributed by atoms with E-state index in [0.717, 1.165) is 32.1 Å². The number of halogens is 1. The molecule has 4 aliphatic rings. The number of carbonyl (C=O) groups is 2. The predicted molar refractivity (Wildman–Crippen MR) is 125 cm³/mol. The van der Waals surface area contributed by atoms with Gasteiger partial charge in [-0.3, -0.25) is 9.59 Å². The lowest BCUT2D eigenvalue weighted by atomic mass is 9.48. The average molecular weight is 497 g/mol. The summed E-state index contributed by atoms with van der Waals surface area (Å²) in [5.41, 5.74) is -0.910. The summed E-state index contributed by atoms with van der Waals surface area (Å²) >= 11 is 6.10. The standard InChI is InChI=1S/C24H33ClN2O5S/c1-14-18(25)6-5-7-19(14)33(30,31)27-23(2,3)13-20(28)26-21-16-8-15-9-17(21)12-24(10-15,11-16)22(29)32-4/h5-7,15-17,21,27H,8-13H2,1-4H3,(H,26,28). The molecule has 182 valence electrons. The van der Waals surface area contributed by atoms with Crippen molar-refractivity contribution in [3.63, 3.8) is 0 Å². The third-order valence-corrected chi connectivity index (χ3v) is 9.99. The lowest BCUT2D eigenvalue weighted by Crippen LogP contribution is -2.61. The van der Waals surface area contributed by atoms with Gasteiger partial charge >= 0.3 is 5.97 Å². The number of sulfonamides is 1. The Morgan fingerprint density at radius 1 is 1.18 bits per heavy atom. The van der Waals surface area contributed by atoms with Crippen LogP contribution in [0.15, 0.2) is 23.1 Å². The van der Waals surface area contributed by atoms with E-state index in [1.54, 1.807) is 32.9 Å². The summed E-state index contributed by atoms with van der Waals surface area (Å²) in [7, 11) is -2.40. The van der Waals surface area contributed by atoms with Crippen LogP contribution in [0.5, 0.6) is 0 Å².